The molecule has 3 saturated heterocycles. The first-order valence-corrected chi connectivity index (χ1v) is 7.46. The van der Waals surface area contributed by atoms with Gasteiger partial charge in [-0.05, 0) is 0 Å². The van der Waals surface area contributed by atoms with Crippen LogP contribution in [0.4, 0.5) is 0 Å². The largest absolute Gasteiger partial charge is 0.388 e. The van der Waals surface area contributed by atoms with Crippen molar-refractivity contribution in [1.29, 1.82) is 0 Å². The number of aliphatic hydroxyl groups is 6. The fraction of sp³-hybridized carbons (Fsp3) is 1.00. The van der Waals surface area contributed by atoms with Crippen molar-refractivity contribution in [2.45, 2.75) is 54.1 Å². The lowest BCUT2D eigenvalue weighted by Gasteiger charge is -2.52. The lowest BCUT2D eigenvalue weighted by molar-refractivity contribution is -0.760. The highest BCUT2D eigenvalue weighted by molar-refractivity contribution is 5.19. The molecule has 144 valence electrons. The van der Waals surface area contributed by atoms with E-state index >= 15 is 0 Å². The molecule has 3 heterocycles. The predicted octanol–water partition coefficient (Wildman–Crippen LogP) is -4.75. The molecule has 3 rings (SSSR count). The SMILES string of the molecule is O=[N+]([O-])OC[C@H]1OC(O)[C@@](O)([C@@]2(O)CO[C@@H]3[C@H](O)CO[C@@H]32)[C@@H](O)[C@@H]1O. The lowest BCUT2D eigenvalue weighted by Crippen LogP contribution is -2.78. The number of rotatable bonds is 4. The van der Waals surface area contributed by atoms with Crippen molar-refractivity contribution >= 4 is 0 Å². The summed E-state index contributed by atoms with van der Waals surface area (Å²) in [6.45, 7) is -1.66. The Labute approximate surface area is 140 Å². The predicted molar refractivity (Wildman–Crippen MR) is 71.2 cm³/mol. The van der Waals surface area contributed by atoms with E-state index in [2.05, 4.69) is 4.84 Å². The van der Waals surface area contributed by atoms with Crippen LogP contribution < -0.4 is 0 Å². The minimum Gasteiger partial charge on any atom is -0.388 e. The highest BCUT2D eigenvalue weighted by atomic mass is 17.0. The molecule has 0 aromatic carbocycles. The van der Waals surface area contributed by atoms with Crippen LogP contribution in [0.15, 0.2) is 0 Å². The van der Waals surface area contributed by atoms with Gasteiger partial charge >= 0.3 is 0 Å². The van der Waals surface area contributed by atoms with Gasteiger partial charge < -0.3 is 49.7 Å². The van der Waals surface area contributed by atoms with Gasteiger partial charge in [0.2, 0.25) is 0 Å². The molecule has 13 nitrogen and oxygen atoms in total. The lowest BCUT2D eigenvalue weighted by atomic mass is 9.71. The zero-order chi connectivity index (χ0) is 18.6. The quantitative estimate of drug-likeness (QED) is 0.204. The summed E-state index contributed by atoms with van der Waals surface area (Å²) >= 11 is 0. The summed E-state index contributed by atoms with van der Waals surface area (Å²) in [5, 5.41) is 71.0. The van der Waals surface area contributed by atoms with E-state index < -0.39 is 72.4 Å². The van der Waals surface area contributed by atoms with Gasteiger partial charge in [0.05, 0.1) is 13.2 Å². The maximum absolute atomic E-state index is 10.9. The highest BCUT2D eigenvalue weighted by Gasteiger charge is 2.72. The van der Waals surface area contributed by atoms with Crippen molar-refractivity contribution in [3.8, 4) is 0 Å². The second-order valence-electron chi connectivity index (χ2n) is 6.33. The van der Waals surface area contributed by atoms with Crippen molar-refractivity contribution in [3.05, 3.63) is 10.1 Å². The minimum absolute atomic E-state index is 0.206. The van der Waals surface area contributed by atoms with Gasteiger partial charge in [-0.25, -0.2) is 0 Å². The minimum atomic E-state index is -2.86. The topological polar surface area (TPSA) is 201 Å². The van der Waals surface area contributed by atoms with Gasteiger partial charge in [-0.1, -0.05) is 0 Å². The molecule has 0 aromatic heterocycles. The number of nitrogens with zero attached hydrogens (tertiary/aromatic N) is 1. The maximum atomic E-state index is 10.9. The Hall–Kier alpha value is -1.16. The molecule has 0 saturated carbocycles. The van der Waals surface area contributed by atoms with Gasteiger partial charge in [0.25, 0.3) is 5.09 Å². The van der Waals surface area contributed by atoms with E-state index in [1.165, 1.54) is 0 Å². The van der Waals surface area contributed by atoms with Crippen LogP contribution in [0.25, 0.3) is 0 Å². The number of hydrogen-bond donors (Lipinski definition) is 6. The highest BCUT2D eigenvalue weighted by Crippen LogP contribution is 2.46. The van der Waals surface area contributed by atoms with Crippen LogP contribution in [0.2, 0.25) is 0 Å². The Morgan fingerprint density at radius 1 is 1.20 bits per heavy atom. The molecule has 9 atom stereocenters. The molecule has 25 heavy (non-hydrogen) atoms. The molecule has 0 bridgehead atoms. The van der Waals surface area contributed by atoms with E-state index in [-0.39, 0.29) is 6.61 Å². The summed E-state index contributed by atoms with van der Waals surface area (Å²) < 4.78 is 15.3. The molecule has 0 amide bonds. The average Bonchev–Trinajstić information content (AvgIpc) is 3.10. The summed E-state index contributed by atoms with van der Waals surface area (Å²) in [4.78, 5) is 14.3. The summed E-state index contributed by atoms with van der Waals surface area (Å²) in [5.74, 6) is 0. The molecule has 0 radical (unpaired) electrons. The first kappa shape index (κ1) is 18.6. The first-order valence-electron chi connectivity index (χ1n) is 7.46. The standard InChI is InChI=1S/C12H19NO12/c14-4-1-22-9-7(4)23-3-11(9,18)12(19)8(16)6(15)5(25-10(12)17)2-24-13(20)21/h4-10,14-19H,1-3H2/t4-,5-,6-,7-,8+,9+,10?,11-,12-/m1/s1. The van der Waals surface area contributed by atoms with Gasteiger partial charge in [0.1, 0.15) is 43.2 Å². The Bertz CT molecular complexity index is 534. The molecular weight excluding hydrogens is 350 g/mol. The Morgan fingerprint density at radius 3 is 2.52 bits per heavy atom. The van der Waals surface area contributed by atoms with E-state index in [1.807, 2.05) is 0 Å². The third-order valence-corrected chi connectivity index (χ3v) is 4.96. The van der Waals surface area contributed by atoms with Gasteiger partial charge in [-0.3, -0.25) is 0 Å². The van der Waals surface area contributed by atoms with Crippen molar-refractivity contribution in [2.75, 3.05) is 19.8 Å². The zero-order valence-electron chi connectivity index (χ0n) is 12.7. The summed E-state index contributed by atoms with van der Waals surface area (Å²) in [6.07, 6.45) is -11.4. The van der Waals surface area contributed by atoms with Crippen molar-refractivity contribution in [2.24, 2.45) is 0 Å². The van der Waals surface area contributed by atoms with Gasteiger partial charge in [0, 0.05) is 0 Å². The van der Waals surface area contributed by atoms with Crippen LogP contribution in [0.5, 0.6) is 0 Å². The fourth-order valence-electron chi connectivity index (χ4n) is 3.55. The molecular formula is C12H19NO12. The van der Waals surface area contributed by atoms with Gasteiger partial charge in [0.15, 0.2) is 17.5 Å². The van der Waals surface area contributed by atoms with Crippen LogP contribution >= 0.6 is 0 Å². The Balaban J connectivity index is 1.84. The van der Waals surface area contributed by atoms with E-state index in [0.717, 1.165) is 0 Å². The molecule has 1 unspecified atom stereocenters. The zero-order valence-corrected chi connectivity index (χ0v) is 12.7. The summed E-state index contributed by atoms with van der Waals surface area (Å²) in [6, 6.07) is 0. The Morgan fingerprint density at radius 2 is 1.88 bits per heavy atom. The van der Waals surface area contributed by atoms with Gasteiger partial charge in [-0.15, -0.1) is 10.1 Å². The third-order valence-electron chi connectivity index (χ3n) is 4.96. The number of hydrogen-bond acceptors (Lipinski definition) is 12. The van der Waals surface area contributed by atoms with Crippen LogP contribution in [0, 0.1) is 10.1 Å². The maximum Gasteiger partial charge on any atom is 0.294 e. The van der Waals surface area contributed by atoms with Crippen molar-refractivity contribution < 1.29 is 54.8 Å². The van der Waals surface area contributed by atoms with E-state index in [4.69, 9.17) is 14.2 Å². The molecule has 3 fully saturated rings. The molecule has 13 heteroatoms. The van der Waals surface area contributed by atoms with Crippen LogP contribution in [-0.2, 0) is 19.0 Å². The van der Waals surface area contributed by atoms with Crippen molar-refractivity contribution in [1.82, 2.24) is 0 Å². The number of ether oxygens (including phenoxy) is 3. The van der Waals surface area contributed by atoms with E-state index in [1.54, 1.807) is 0 Å². The first-order chi connectivity index (χ1) is 11.6. The van der Waals surface area contributed by atoms with Gasteiger partial charge in [-0.2, -0.15) is 0 Å². The second-order valence-corrected chi connectivity index (χ2v) is 6.33. The molecule has 3 aliphatic heterocycles. The normalized spacial score (nSPS) is 52.8. The second kappa shape index (κ2) is 6.22. The summed E-state index contributed by atoms with van der Waals surface area (Å²) in [7, 11) is 0. The molecule has 3 aliphatic rings. The number of aliphatic hydroxyl groups excluding tert-OH is 4. The van der Waals surface area contributed by atoms with Crippen LogP contribution in [0.1, 0.15) is 0 Å². The molecule has 0 spiro atoms. The monoisotopic (exact) mass is 369 g/mol. The molecule has 0 aromatic rings. The van der Waals surface area contributed by atoms with Crippen LogP contribution in [0.3, 0.4) is 0 Å². The van der Waals surface area contributed by atoms with E-state index in [0.29, 0.717) is 0 Å². The van der Waals surface area contributed by atoms with Crippen LogP contribution in [-0.4, -0.2) is 110 Å². The smallest absolute Gasteiger partial charge is 0.294 e. The average molecular weight is 369 g/mol. The Kier molecular flexibility index (Phi) is 4.64. The molecule has 6 N–H and O–H groups in total. The summed E-state index contributed by atoms with van der Waals surface area (Å²) in [5.41, 5.74) is -5.29. The van der Waals surface area contributed by atoms with Crippen molar-refractivity contribution in [3.63, 3.8) is 0 Å². The third kappa shape index (κ3) is 2.59. The molecule has 0 aliphatic carbocycles. The van der Waals surface area contributed by atoms with E-state index in [9.17, 15) is 40.8 Å². The fourth-order valence-corrected chi connectivity index (χ4v) is 3.55. The number of fused-ring (bicyclic) bond motifs is 1.